The van der Waals surface area contributed by atoms with Crippen LogP contribution in [0.2, 0.25) is 0 Å². The van der Waals surface area contributed by atoms with Crippen LogP contribution in [-0.4, -0.2) is 16.1 Å². The Morgan fingerprint density at radius 2 is 2.00 bits per heavy atom. The molecule has 0 radical (unpaired) electrons. The Morgan fingerprint density at radius 3 is 2.65 bits per heavy atom. The molecule has 0 fully saturated rings. The van der Waals surface area contributed by atoms with Gasteiger partial charge >= 0.3 is 0 Å². The number of nitroso groups, excluding NO2 is 1. The van der Waals surface area contributed by atoms with E-state index < -0.39 is 0 Å². The number of hydrogen-bond acceptors (Lipinski definition) is 4. The van der Waals surface area contributed by atoms with Crippen molar-refractivity contribution in [2.24, 2.45) is 5.18 Å². The fourth-order valence-corrected chi connectivity index (χ4v) is 2.53. The highest BCUT2D eigenvalue weighted by atomic mass is 16.3. The van der Waals surface area contributed by atoms with Crippen LogP contribution in [-0.2, 0) is 6.42 Å². The second kappa shape index (κ2) is 6.67. The lowest BCUT2D eigenvalue weighted by atomic mass is 9.96. The molecule has 0 saturated carbocycles. The van der Waals surface area contributed by atoms with Crippen molar-refractivity contribution in [3.63, 3.8) is 0 Å². The molecule has 5 nitrogen and oxygen atoms in total. The Labute approximate surface area is 133 Å². The summed E-state index contributed by atoms with van der Waals surface area (Å²) in [6.45, 7) is 0.233. The van der Waals surface area contributed by atoms with Crippen LogP contribution in [0.25, 0.3) is 16.8 Å². The molecular weight excluding hydrogens is 288 g/mol. The van der Waals surface area contributed by atoms with E-state index >= 15 is 0 Å². The first-order chi connectivity index (χ1) is 11.3. The molecule has 0 aliphatic carbocycles. The molecule has 0 aliphatic rings. The van der Waals surface area contributed by atoms with Gasteiger partial charge in [0, 0.05) is 18.1 Å². The summed E-state index contributed by atoms with van der Waals surface area (Å²) in [5, 5.41) is 11.9. The van der Waals surface area contributed by atoms with Gasteiger partial charge in [-0.1, -0.05) is 23.4 Å². The molecule has 0 atom stereocenters. The molecule has 0 spiro atoms. The van der Waals surface area contributed by atoms with Crippen LogP contribution in [0.5, 0.6) is 0 Å². The predicted octanol–water partition coefficient (Wildman–Crippen LogP) is 3.72. The summed E-state index contributed by atoms with van der Waals surface area (Å²) < 4.78 is 1.92. The van der Waals surface area contributed by atoms with E-state index in [1.165, 1.54) is 0 Å². The summed E-state index contributed by atoms with van der Waals surface area (Å²) in [5.41, 5.74) is 4.71. The van der Waals surface area contributed by atoms with Gasteiger partial charge in [-0.25, -0.2) is 4.98 Å². The third-order valence-electron chi connectivity index (χ3n) is 3.69. The van der Waals surface area contributed by atoms with E-state index in [0.29, 0.717) is 12.0 Å². The summed E-state index contributed by atoms with van der Waals surface area (Å²) in [6.07, 6.45) is 5.90. The molecule has 1 aromatic heterocycles. The number of aromatic nitrogens is 2. The van der Waals surface area contributed by atoms with Gasteiger partial charge in [0.2, 0.25) is 0 Å². The van der Waals surface area contributed by atoms with E-state index in [1.807, 2.05) is 41.1 Å². The van der Waals surface area contributed by atoms with Crippen molar-refractivity contribution in [1.82, 2.24) is 9.55 Å². The highest BCUT2D eigenvalue weighted by molar-refractivity contribution is 5.69. The summed E-state index contributed by atoms with van der Waals surface area (Å²) >= 11 is 0. The predicted molar refractivity (Wildman–Crippen MR) is 88.1 cm³/mol. The van der Waals surface area contributed by atoms with Crippen LogP contribution >= 0.6 is 0 Å². The lowest BCUT2D eigenvalue weighted by molar-refractivity contribution is 0.954. The van der Waals surface area contributed by atoms with Gasteiger partial charge in [0.15, 0.2) is 0 Å². The lowest BCUT2D eigenvalue weighted by Gasteiger charge is -2.12. The van der Waals surface area contributed by atoms with Crippen molar-refractivity contribution < 1.29 is 0 Å². The van der Waals surface area contributed by atoms with Gasteiger partial charge in [-0.3, -0.25) is 0 Å². The van der Waals surface area contributed by atoms with Crippen molar-refractivity contribution in [1.29, 1.82) is 5.26 Å². The van der Waals surface area contributed by atoms with Crippen LogP contribution in [0, 0.1) is 16.2 Å². The van der Waals surface area contributed by atoms with Gasteiger partial charge < -0.3 is 4.57 Å². The second-order valence-electron chi connectivity index (χ2n) is 5.10. The van der Waals surface area contributed by atoms with Crippen molar-refractivity contribution in [2.75, 3.05) is 6.54 Å². The summed E-state index contributed by atoms with van der Waals surface area (Å²) in [5.74, 6) is 0. The maximum absolute atomic E-state index is 10.5. The fraction of sp³-hybridized carbons (Fsp3) is 0.111. The van der Waals surface area contributed by atoms with Crippen LogP contribution in [0.15, 0.2) is 66.4 Å². The van der Waals surface area contributed by atoms with E-state index in [2.05, 4.69) is 16.2 Å². The highest BCUT2D eigenvalue weighted by Gasteiger charge is 2.08. The molecule has 3 aromatic rings. The minimum Gasteiger partial charge on any atom is -0.306 e. The van der Waals surface area contributed by atoms with Crippen LogP contribution in [0.1, 0.15) is 11.1 Å². The normalized spacial score (nSPS) is 10.2. The number of nitrogens with zero attached hydrogens (tertiary/aromatic N) is 4. The smallest absolute Gasteiger partial charge is 0.0991 e. The molecular formula is C18H14N4O. The molecule has 0 saturated heterocycles. The summed E-state index contributed by atoms with van der Waals surface area (Å²) in [6, 6.07) is 15.6. The third-order valence-corrected chi connectivity index (χ3v) is 3.69. The van der Waals surface area contributed by atoms with Gasteiger partial charge in [-0.05, 0) is 47.4 Å². The molecule has 1 heterocycles. The van der Waals surface area contributed by atoms with Gasteiger partial charge in [-0.2, -0.15) is 10.2 Å². The van der Waals surface area contributed by atoms with Gasteiger partial charge in [-0.15, -0.1) is 0 Å². The average molecular weight is 302 g/mol. The number of imidazole rings is 1. The number of rotatable bonds is 5. The molecule has 112 valence electrons. The van der Waals surface area contributed by atoms with Crippen LogP contribution in [0.3, 0.4) is 0 Å². The van der Waals surface area contributed by atoms with Crippen LogP contribution in [0.4, 0.5) is 0 Å². The monoisotopic (exact) mass is 302 g/mol. The van der Waals surface area contributed by atoms with Gasteiger partial charge in [0.25, 0.3) is 0 Å². The number of hydrogen-bond donors (Lipinski definition) is 0. The Hall–Kier alpha value is -3.26. The highest BCUT2D eigenvalue weighted by Crippen LogP contribution is 2.27. The molecule has 23 heavy (non-hydrogen) atoms. The Kier molecular flexibility index (Phi) is 4.25. The summed E-state index contributed by atoms with van der Waals surface area (Å²) in [4.78, 5) is 14.6. The van der Waals surface area contributed by atoms with Crippen molar-refractivity contribution in [3.8, 4) is 22.9 Å². The van der Waals surface area contributed by atoms with E-state index in [4.69, 9.17) is 5.26 Å². The van der Waals surface area contributed by atoms with E-state index in [0.717, 1.165) is 22.4 Å². The SMILES string of the molecule is N#Cc1ccc(-c2ccc(-n3ccnc3)cc2CCN=O)cc1. The Morgan fingerprint density at radius 1 is 1.17 bits per heavy atom. The first-order valence-electron chi connectivity index (χ1n) is 7.23. The molecule has 0 unspecified atom stereocenters. The topological polar surface area (TPSA) is 71.0 Å². The quantitative estimate of drug-likeness (QED) is 0.674. The zero-order valence-electron chi connectivity index (χ0n) is 12.4. The zero-order chi connectivity index (χ0) is 16.1. The number of benzene rings is 2. The number of nitriles is 1. The minimum absolute atomic E-state index is 0.233. The van der Waals surface area contributed by atoms with E-state index in [1.54, 1.807) is 24.7 Å². The first-order valence-corrected chi connectivity index (χ1v) is 7.23. The average Bonchev–Trinajstić information content (AvgIpc) is 3.14. The standard InChI is InChI=1S/C18H14N4O/c19-12-14-1-3-15(4-2-14)18-6-5-17(22-10-9-20-13-22)11-16(18)7-8-21-23/h1-6,9-11,13H,7-8H2. The first kappa shape index (κ1) is 14.7. The van der Waals surface area contributed by atoms with Gasteiger partial charge in [0.1, 0.15) is 0 Å². The Bertz CT molecular complexity index is 846. The molecule has 3 rings (SSSR count). The van der Waals surface area contributed by atoms with E-state index in [-0.39, 0.29) is 6.54 Å². The third kappa shape index (κ3) is 3.16. The maximum Gasteiger partial charge on any atom is 0.0991 e. The molecule has 0 bridgehead atoms. The molecule has 5 heteroatoms. The van der Waals surface area contributed by atoms with Crippen molar-refractivity contribution in [3.05, 3.63) is 77.2 Å². The van der Waals surface area contributed by atoms with Crippen LogP contribution < -0.4 is 0 Å². The molecule has 0 aliphatic heterocycles. The molecule has 0 amide bonds. The van der Waals surface area contributed by atoms with Crippen molar-refractivity contribution in [2.45, 2.75) is 6.42 Å². The fourth-order valence-electron chi connectivity index (χ4n) is 2.53. The maximum atomic E-state index is 10.5. The van der Waals surface area contributed by atoms with Gasteiger partial charge in [0.05, 0.1) is 24.5 Å². The minimum atomic E-state index is 0.233. The zero-order valence-corrected chi connectivity index (χ0v) is 12.4. The lowest BCUT2D eigenvalue weighted by Crippen LogP contribution is -1.97. The largest absolute Gasteiger partial charge is 0.306 e. The Balaban J connectivity index is 2.04. The second-order valence-corrected chi connectivity index (χ2v) is 5.10. The van der Waals surface area contributed by atoms with Crippen molar-refractivity contribution >= 4 is 0 Å². The molecule has 0 N–H and O–H groups in total. The van der Waals surface area contributed by atoms with E-state index in [9.17, 15) is 4.91 Å². The summed E-state index contributed by atoms with van der Waals surface area (Å²) in [7, 11) is 0. The molecule has 2 aromatic carbocycles.